The van der Waals surface area contributed by atoms with Crippen LogP contribution in [0.5, 0.6) is 0 Å². The summed E-state index contributed by atoms with van der Waals surface area (Å²) in [6.45, 7) is 1.92. The summed E-state index contributed by atoms with van der Waals surface area (Å²) < 4.78 is 15.5. The molecule has 4 rings (SSSR count). The Morgan fingerprint density at radius 1 is 1.31 bits per heavy atom. The van der Waals surface area contributed by atoms with Gasteiger partial charge >= 0.3 is 0 Å². The Morgan fingerprint density at radius 2 is 2.12 bits per heavy atom. The molecule has 5 nitrogen and oxygen atoms in total. The summed E-state index contributed by atoms with van der Waals surface area (Å²) in [5, 5.41) is 13.5. The minimum Gasteiger partial charge on any atom is -0.335 e. The van der Waals surface area contributed by atoms with Crippen LogP contribution in [-0.2, 0) is 24.3 Å². The van der Waals surface area contributed by atoms with E-state index in [1.54, 1.807) is 6.07 Å². The molecule has 134 valence electrons. The van der Waals surface area contributed by atoms with Crippen molar-refractivity contribution in [3.05, 3.63) is 52.6 Å². The second kappa shape index (κ2) is 6.91. The first-order valence-corrected chi connectivity index (χ1v) is 9.16. The van der Waals surface area contributed by atoms with E-state index in [0.29, 0.717) is 31.1 Å². The van der Waals surface area contributed by atoms with Gasteiger partial charge in [0.25, 0.3) is 0 Å². The summed E-state index contributed by atoms with van der Waals surface area (Å²) in [5.41, 5.74) is 3.11. The Hall–Kier alpha value is -2.68. The third-order valence-electron chi connectivity index (χ3n) is 5.56. The van der Waals surface area contributed by atoms with E-state index in [0.717, 1.165) is 5.69 Å². The van der Waals surface area contributed by atoms with Crippen molar-refractivity contribution in [2.45, 2.75) is 51.1 Å². The molecule has 2 aliphatic rings. The van der Waals surface area contributed by atoms with Gasteiger partial charge in [0.05, 0.1) is 37.0 Å². The number of amides is 1. The second-order valence-electron chi connectivity index (χ2n) is 7.17. The van der Waals surface area contributed by atoms with Crippen LogP contribution < -0.4 is 0 Å². The van der Waals surface area contributed by atoms with Crippen LogP contribution in [0.25, 0.3) is 0 Å². The van der Waals surface area contributed by atoms with Crippen molar-refractivity contribution in [2.75, 3.05) is 6.54 Å². The Morgan fingerprint density at radius 3 is 2.88 bits per heavy atom. The van der Waals surface area contributed by atoms with E-state index >= 15 is 0 Å². The van der Waals surface area contributed by atoms with Gasteiger partial charge in [-0.2, -0.15) is 10.4 Å². The summed E-state index contributed by atoms with van der Waals surface area (Å²) in [5.74, 6) is 0.0289. The molecule has 1 aromatic carbocycles. The zero-order valence-corrected chi connectivity index (χ0v) is 14.6. The first-order chi connectivity index (χ1) is 12.7. The van der Waals surface area contributed by atoms with Crippen molar-refractivity contribution < 1.29 is 9.18 Å². The minimum atomic E-state index is -0.549. The number of aromatic nitrogens is 2. The lowest BCUT2D eigenvalue weighted by molar-refractivity contribution is -0.132. The molecule has 26 heavy (non-hydrogen) atoms. The van der Waals surface area contributed by atoms with E-state index in [2.05, 4.69) is 5.10 Å². The van der Waals surface area contributed by atoms with Crippen molar-refractivity contribution in [2.24, 2.45) is 0 Å². The summed E-state index contributed by atoms with van der Waals surface area (Å²) >= 11 is 0. The highest BCUT2D eigenvalue weighted by molar-refractivity contribution is 5.79. The van der Waals surface area contributed by atoms with Crippen molar-refractivity contribution in [3.8, 4) is 6.07 Å². The molecule has 2 heterocycles. The smallest absolute Gasteiger partial charge is 0.227 e. The van der Waals surface area contributed by atoms with Crippen molar-refractivity contribution in [1.29, 1.82) is 5.26 Å². The topological polar surface area (TPSA) is 61.9 Å². The summed E-state index contributed by atoms with van der Waals surface area (Å²) in [6, 6.07) is 6.12. The van der Waals surface area contributed by atoms with Crippen LogP contribution >= 0.6 is 0 Å². The zero-order chi connectivity index (χ0) is 18.1. The lowest BCUT2D eigenvalue weighted by atomic mass is 9.97. The highest BCUT2D eigenvalue weighted by atomic mass is 19.1. The van der Waals surface area contributed by atoms with Gasteiger partial charge in [0.2, 0.25) is 5.91 Å². The average Bonchev–Trinajstić information content (AvgIpc) is 3.31. The molecule has 1 fully saturated rings. The van der Waals surface area contributed by atoms with E-state index in [1.807, 2.05) is 21.8 Å². The van der Waals surface area contributed by atoms with Gasteiger partial charge in [-0.15, -0.1) is 0 Å². The van der Waals surface area contributed by atoms with Crippen molar-refractivity contribution in [1.82, 2.24) is 14.7 Å². The molecule has 0 bridgehead atoms. The maximum Gasteiger partial charge on any atom is 0.227 e. The number of nitriles is 1. The Balaban J connectivity index is 1.49. The number of carbonyl (C=O) groups excluding carboxylic acids is 1. The maximum atomic E-state index is 13.5. The SMILES string of the molecule is N#Cc1cc(CC(=O)N2CCn3ncc(C4CCCC4)c3C2)ccc1F. The van der Waals surface area contributed by atoms with Crippen LogP contribution in [0, 0.1) is 17.1 Å². The number of benzene rings is 1. The van der Waals surface area contributed by atoms with Gasteiger partial charge in [0, 0.05) is 6.54 Å². The molecule has 0 spiro atoms. The van der Waals surface area contributed by atoms with E-state index in [1.165, 1.54) is 43.4 Å². The van der Waals surface area contributed by atoms with Crippen LogP contribution in [0.15, 0.2) is 24.4 Å². The summed E-state index contributed by atoms with van der Waals surface area (Å²) in [6.07, 6.45) is 7.12. The van der Waals surface area contributed by atoms with Crippen LogP contribution in [0.1, 0.15) is 54.0 Å². The monoisotopic (exact) mass is 352 g/mol. The highest BCUT2D eigenvalue weighted by Gasteiger charge is 2.28. The first kappa shape index (κ1) is 16.8. The third kappa shape index (κ3) is 3.10. The van der Waals surface area contributed by atoms with Crippen LogP contribution in [0.3, 0.4) is 0 Å². The molecule has 0 atom stereocenters. The molecule has 6 heteroatoms. The Labute approximate surface area is 152 Å². The predicted octanol–water partition coefficient (Wildman–Crippen LogP) is 3.14. The number of hydrogen-bond acceptors (Lipinski definition) is 3. The predicted molar refractivity (Wildman–Crippen MR) is 93.7 cm³/mol. The largest absolute Gasteiger partial charge is 0.335 e. The highest BCUT2D eigenvalue weighted by Crippen LogP contribution is 2.36. The fraction of sp³-hybridized carbons (Fsp3) is 0.450. The van der Waals surface area contributed by atoms with Gasteiger partial charge in [-0.1, -0.05) is 18.9 Å². The van der Waals surface area contributed by atoms with E-state index in [4.69, 9.17) is 5.26 Å². The van der Waals surface area contributed by atoms with Crippen LogP contribution in [0.2, 0.25) is 0 Å². The average molecular weight is 352 g/mol. The molecule has 2 aromatic rings. The fourth-order valence-corrected chi connectivity index (χ4v) is 4.11. The number of nitrogens with zero attached hydrogens (tertiary/aromatic N) is 4. The van der Waals surface area contributed by atoms with Gasteiger partial charge in [-0.05, 0) is 42.0 Å². The molecule has 1 saturated carbocycles. The summed E-state index contributed by atoms with van der Waals surface area (Å²) in [4.78, 5) is 14.6. The molecule has 1 aromatic heterocycles. The fourth-order valence-electron chi connectivity index (χ4n) is 4.11. The molecule has 1 amide bonds. The van der Waals surface area contributed by atoms with Gasteiger partial charge < -0.3 is 4.90 Å². The molecule has 1 aliphatic carbocycles. The number of fused-ring (bicyclic) bond motifs is 1. The van der Waals surface area contributed by atoms with Crippen molar-refractivity contribution in [3.63, 3.8) is 0 Å². The Bertz CT molecular complexity index is 876. The van der Waals surface area contributed by atoms with Crippen LogP contribution in [0.4, 0.5) is 4.39 Å². The molecule has 0 unspecified atom stereocenters. The molecule has 0 radical (unpaired) electrons. The molecular formula is C20H21FN4O. The number of rotatable bonds is 3. The van der Waals surface area contributed by atoms with Gasteiger partial charge in [0.1, 0.15) is 11.9 Å². The van der Waals surface area contributed by atoms with Gasteiger partial charge in [-0.3, -0.25) is 9.48 Å². The lowest BCUT2D eigenvalue weighted by Crippen LogP contribution is -2.39. The molecule has 0 saturated heterocycles. The third-order valence-corrected chi connectivity index (χ3v) is 5.56. The van der Waals surface area contributed by atoms with E-state index in [-0.39, 0.29) is 17.9 Å². The number of hydrogen-bond donors (Lipinski definition) is 0. The van der Waals surface area contributed by atoms with Gasteiger partial charge in [-0.25, -0.2) is 4.39 Å². The zero-order valence-electron chi connectivity index (χ0n) is 14.6. The molecule has 0 N–H and O–H groups in total. The van der Waals surface area contributed by atoms with Crippen LogP contribution in [-0.4, -0.2) is 27.1 Å². The number of carbonyl (C=O) groups is 1. The first-order valence-electron chi connectivity index (χ1n) is 9.16. The lowest BCUT2D eigenvalue weighted by Gasteiger charge is -2.29. The standard InChI is InChI=1S/C20H21FN4O/c21-18-6-5-14(9-16(18)11-22)10-20(26)24-7-8-25-19(13-24)17(12-23-25)15-3-1-2-4-15/h5-6,9,12,15H,1-4,7-8,10,13H2. The van der Waals surface area contributed by atoms with Gasteiger partial charge in [0.15, 0.2) is 0 Å². The molecular weight excluding hydrogens is 331 g/mol. The quantitative estimate of drug-likeness (QED) is 0.852. The second-order valence-corrected chi connectivity index (χ2v) is 7.17. The van der Waals surface area contributed by atoms with E-state index < -0.39 is 5.82 Å². The minimum absolute atomic E-state index is 0.00493. The number of halogens is 1. The summed E-state index contributed by atoms with van der Waals surface area (Å²) in [7, 11) is 0. The van der Waals surface area contributed by atoms with Crippen molar-refractivity contribution >= 4 is 5.91 Å². The molecule has 1 aliphatic heterocycles. The normalized spacial score (nSPS) is 17.2. The maximum absolute atomic E-state index is 13.5. The Kier molecular flexibility index (Phi) is 4.46. The van der Waals surface area contributed by atoms with E-state index in [9.17, 15) is 9.18 Å².